The van der Waals surface area contributed by atoms with Crippen LogP contribution in [0.2, 0.25) is 0 Å². The third-order valence-corrected chi connectivity index (χ3v) is 3.52. The van der Waals surface area contributed by atoms with E-state index in [1.54, 1.807) is 0 Å². The highest BCUT2D eigenvalue weighted by atomic mass is 79.9. The van der Waals surface area contributed by atoms with Gasteiger partial charge in [0.05, 0.1) is 26.3 Å². The molecule has 0 unspecified atom stereocenters. The van der Waals surface area contributed by atoms with E-state index in [9.17, 15) is 14.4 Å². The number of carbonyl (C=O) groups is 3. The number of rotatable bonds is 7. The molecule has 1 aromatic rings. The fourth-order valence-electron chi connectivity index (χ4n) is 1.52. The van der Waals surface area contributed by atoms with E-state index < -0.39 is 18.5 Å². The molecule has 2 amide bonds. The zero-order valence-corrected chi connectivity index (χ0v) is 14.5. The van der Waals surface area contributed by atoms with E-state index in [4.69, 9.17) is 14.2 Å². The number of carbonyl (C=O) groups excluding carboxylic acids is 3. The molecule has 0 spiro atoms. The second kappa shape index (κ2) is 8.99. The van der Waals surface area contributed by atoms with Crippen molar-refractivity contribution in [3.05, 3.63) is 22.2 Å². The molecule has 0 saturated heterocycles. The Hall–Kier alpha value is -2.29. The molecule has 0 bridgehead atoms. The average molecular weight is 389 g/mol. The molecule has 23 heavy (non-hydrogen) atoms. The number of benzene rings is 1. The third kappa shape index (κ3) is 5.44. The first-order chi connectivity index (χ1) is 10.9. The van der Waals surface area contributed by atoms with Crippen molar-refractivity contribution in [1.29, 1.82) is 0 Å². The monoisotopic (exact) mass is 388 g/mol. The summed E-state index contributed by atoms with van der Waals surface area (Å²) >= 11 is 3.28. The highest BCUT2D eigenvalue weighted by Gasteiger charge is 2.16. The van der Waals surface area contributed by atoms with Crippen LogP contribution in [0, 0.1) is 0 Å². The second-order valence-corrected chi connectivity index (χ2v) is 5.01. The van der Waals surface area contributed by atoms with Gasteiger partial charge in [-0.15, -0.1) is 0 Å². The third-order valence-electron chi connectivity index (χ3n) is 2.74. The smallest absolute Gasteiger partial charge is 0.338 e. The van der Waals surface area contributed by atoms with Gasteiger partial charge in [-0.1, -0.05) is 0 Å². The van der Waals surface area contributed by atoms with Crippen molar-refractivity contribution in [3.8, 4) is 11.5 Å². The summed E-state index contributed by atoms with van der Waals surface area (Å²) in [6, 6.07) is 2.91. The van der Waals surface area contributed by atoms with Gasteiger partial charge in [0, 0.05) is 7.05 Å². The van der Waals surface area contributed by atoms with Crippen molar-refractivity contribution < 1.29 is 28.6 Å². The maximum Gasteiger partial charge on any atom is 0.338 e. The molecule has 0 fully saturated rings. The van der Waals surface area contributed by atoms with Crippen molar-refractivity contribution in [2.75, 3.05) is 34.4 Å². The molecule has 0 radical (unpaired) electrons. The Morgan fingerprint density at radius 3 is 2.13 bits per heavy atom. The highest BCUT2D eigenvalue weighted by molar-refractivity contribution is 9.10. The van der Waals surface area contributed by atoms with Crippen molar-refractivity contribution in [1.82, 2.24) is 10.6 Å². The molecule has 0 saturated carbocycles. The van der Waals surface area contributed by atoms with Crippen LogP contribution in [-0.2, 0) is 14.3 Å². The Labute approximate surface area is 141 Å². The SMILES string of the molecule is CNC(=O)CNC(=O)COC(=O)c1cc(OC)c(Br)c(OC)c1. The van der Waals surface area contributed by atoms with Gasteiger partial charge in [0.15, 0.2) is 6.61 Å². The van der Waals surface area contributed by atoms with E-state index in [0.29, 0.717) is 16.0 Å². The van der Waals surface area contributed by atoms with Crippen LogP contribution >= 0.6 is 15.9 Å². The molecular weight excluding hydrogens is 372 g/mol. The van der Waals surface area contributed by atoms with Crippen LogP contribution < -0.4 is 20.1 Å². The van der Waals surface area contributed by atoms with Gasteiger partial charge in [-0.3, -0.25) is 9.59 Å². The second-order valence-electron chi connectivity index (χ2n) is 4.22. The molecule has 1 rings (SSSR count). The highest BCUT2D eigenvalue weighted by Crippen LogP contribution is 2.35. The van der Waals surface area contributed by atoms with Gasteiger partial charge in [0.2, 0.25) is 5.91 Å². The van der Waals surface area contributed by atoms with Crippen LogP contribution in [0.1, 0.15) is 10.4 Å². The molecule has 0 aliphatic carbocycles. The van der Waals surface area contributed by atoms with Crippen LogP contribution in [-0.4, -0.2) is 52.2 Å². The van der Waals surface area contributed by atoms with Gasteiger partial charge in [0.25, 0.3) is 5.91 Å². The number of esters is 1. The van der Waals surface area contributed by atoms with Gasteiger partial charge < -0.3 is 24.8 Å². The van der Waals surface area contributed by atoms with Crippen molar-refractivity contribution in [3.63, 3.8) is 0 Å². The summed E-state index contributed by atoms with van der Waals surface area (Å²) in [4.78, 5) is 34.4. The number of likely N-dealkylation sites (N-methyl/N-ethyl adjacent to an activating group) is 1. The number of halogens is 1. The minimum Gasteiger partial charge on any atom is -0.495 e. The predicted octanol–water partition coefficient (Wildman–Crippen LogP) is 0.485. The molecule has 0 aliphatic rings. The van der Waals surface area contributed by atoms with E-state index in [-0.39, 0.29) is 18.0 Å². The van der Waals surface area contributed by atoms with Crippen molar-refractivity contribution in [2.45, 2.75) is 0 Å². The Kier molecular flexibility index (Phi) is 7.33. The largest absolute Gasteiger partial charge is 0.495 e. The maximum atomic E-state index is 12.0. The van der Waals surface area contributed by atoms with Crippen LogP contribution in [0.4, 0.5) is 0 Å². The van der Waals surface area contributed by atoms with E-state index in [2.05, 4.69) is 26.6 Å². The summed E-state index contributed by atoms with van der Waals surface area (Å²) in [7, 11) is 4.34. The quantitative estimate of drug-likeness (QED) is 0.658. The lowest BCUT2D eigenvalue weighted by atomic mass is 10.2. The number of methoxy groups -OCH3 is 2. The Balaban J connectivity index is 2.68. The predicted molar refractivity (Wildman–Crippen MR) is 84.6 cm³/mol. The summed E-state index contributed by atoms with van der Waals surface area (Å²) in [6.45, 7) is -0.691. The van der Waals surface area contributed by atoms with Crippen LogP contribution in [0.3, 0.4) is 0 Å². The first-order valence-electron chi connectivity index (χ1n) is 6.48. The van der Waals surface area contributed by atoms with Gasteiger partial charge in [-0.2, -0.15) is 0 Å². The average Bonchev–Trinajstić information content (AvgIpc) is 2.57. The van der Waals surface area contributed by atoms with Gasteiger partial charge >= 0.3 is 5.97 Å². The topological polar surface area (TPSA) is 103 Å². The van der Waals surface area contributed by atoms with E-state index in [1.165, 1.54) is 33.4 Å². The Morgan fingerprint density at radius 1 is 1.09 bits per heavy atom. The lowest BCUT2D eigenvalue weighted by Gasteiger charge is -2.11. The fraction of sp³-hybridized carbons (Fsp3) is 0.357. The summed E-state index contributed by atoms with van der Waals surface area (Å²) in [6.07, 6.45) is 0. The summed E-state index contributed by atoms with van der Waals surface area (Å²) in [5.74, 6) is -0.880. The number of hydrogen-bond donors (Lipinski definition) is 2. The van der Waals surface area contributed by atoms with Crippen LogP contribution in [0.25, 0.3) is 0 Å². The van der Waals surface area contributed by atoms with Crippen molar-refractivity contribution >= 4 is 33.7 Å². The van der Waals surface area contributed by atoms with Crippen LogP contribution in [0.5, 0.6) is 11.5 Å². The van der Waals surface area contributed by atoms with Gasteiger partial charge in [-0.25, -0.2) is 4.79 Å². The molecule has 2 N–H and O–H groups in total. The standard InChI is InChI=1S/C14H17BrN2O6/c1-16-11(18)6-17-12(19)7-23-14(20)8-4-9(21-2)13(15)10(5-8)22-3/h4-5H,6-7H2,1-3H3,(H,16,18)(H,17,19). The van der Waals surface area contributed by atoms with E-state index in [1.807, 2.05) is 0 Å². The molecule has 0 heterocycles. The normalized spacial score (nSPS) is 9.74. The Morgan fingerprint density at radius 2 is 1.65 bits per heavy atom. The van der Waals surface area contributed by atoms with Gasteiger partial charge in [0.1, 0.15) is 16.0 Å². The minimum atomic E-state index is -0.718. The van der Waals surface area contributed by atoms with Crippen molar-refractivity contribution in [2.24, 2.45) is 0 Å². The summed E-state index contributed by atoms with van der Waals surface area (Å²) in [5, 5.41) is 4.66. The maximum absolute atomic E-state index is 12.0. The molecule has 8 nitrogen and oxygen atoms in total. The lowest BCUT2D eigenvalue weighted by molar-refractivity contribution is -0.127. The first-order valence-corrected chi connectivity index (χ1v) is 7.28. The summed E-state index contributed by atoms with van der Waals surface area (Å²) < 4.78 is 15.7. The van der Waals surface area contributed by atoms with E-state index >= 15 is 0 Å². The fourth-order valence-corrected chi connectivity index (χ4v) is 2.07. The number of ether oxygens (including phenoxy) is 3. The number of hydrogen-bond acceptors (Lipinski definition) is 6. The zero-order valence-electron chi connectivity index (χ0n) is 12.9. The summed E-state index contributed by atoms with van der Waals surface area (Å²) in [5.41, 5.74) is 0.168. The lowest BCUT2D eigenvalue weighted by Crippen LogP contribution is -2.37. The molecule has 0 aliphatic heterocycles. The minimum absolute atomic E-state index is 0.168. The Bertz CT molecular complexity index is 580. The molecule has 0 atom stereocenters. The molecule has 1 aromatic carbocycles. The first kappa shape index (κ1) is 18.8. The molecule has 126 valence electrons. The van der Waals surface area contributed by atoms with E-state index in [0.717, 1.165) is 0 Å². The van der Waals surface area contributed by atoms with Crippen LogP contribution in [0.15, 0.2) is 16.6 Å². The molecular formula is C14H17BrN2O6. The zero-order chi connectivity index (χ0) is 17.4. The number of amides is 2. The number of nitrogens with one attached hydrogen (secondary N) is 2. The van der Waals surface area contributed by atoms with Gasteiger partial charge in [-0.05, 0) is 28.1 Å². The molecule has 0 aromatic heterocycles. The molecule has 9 heteroatoms.